The Morgan fingerprint density at radius 2 is 0.519 bits per heavy atom. The second-order valence-electron chi connectivity index (χ2n) is 12.9. The molecule has 0 saturated carbocycles. The van der Waals surface area contributed by atoms with E-state index in [0.717, 1.165) is 63.8 Å². The molecule has 6 nitrogen and oxygen atoms in total. The van der Waals surface area contributed by atoms with E-state index in [1.165, 1.54) is 0 Å². The second-order valence-corrected chi connectivity index (χ2v) is 12.9. The van der Waals surface area contributed by atoms with Gasteiger partial charge in [-0.1, -0.05) is 72.9 Å². The Bertz CT molecular complexity index is 2050. The normalized spacial score (nSPS) is 10.7. The van der Waals surface area contributed by atoms with E-state index in [2.05, 4.69) is 59.2 Å². The molecule has 54 heavy (non-hydrogen) atoms. The van der Waals surface area contributed by atoms with Gasteiger partial charge in [-0.05, 0) is 126 Å². The molecule has 0 aliphatic rings. The Hall–Kier alpha value is -6.27. The van der Waals surface area contributed by atoms with Crippen molar-refractivity contribution < 1.29 is 0 Å². The van der Waals surface area contributed by atoms with Crippen LogP contribution in [0.1, 0.15) is 50.1 Å². The Morgan fingerprint density at radius 1 is 0.315 bits per heavy atom. The topological polar surface area (TPSA) is 66.0 Å². The molecule has 3 aromatic carbocycles. The molecule has 4 aromatic rings. The monoisotopic (exact) mass is 717 g/mol. The molecule has 6 heteroatoms. The summed E-state index contributed by atoms with van der Waals surface area (Å²) in [6.45, 7) is 35.8. The summed E-state index contributed by atoms with van der Waals surface area (Å²) in [5.41, 5.74) is 6.64. The zero-order valence-corrected chi connectivity index (χ0v) is 31.5. The van der Waals surface area contributed by atoms with Crippen molar-refractivity contribution in [3.8, 4) is 17.1 Å². The minimum atomic E-state index is -0.793. The molecule has 0 bridgehead atoms. The molecule has 0 aliphatic heterocycles. The molecule has 0 N–H and O–H groups in total. The van der Waals surface area contributed by atoms with Crippen molar-refractivity contribution in [2.45, 2.75) is 57.8 Å². The van der Waals surface area contributed by atoms with E-state index in [1.54, 1.807) is 54.7 Å². The lowest BCUT2D eigenvalue weighted by molar-refractivity contribution is 0.651. The summed E-state index contributed by atoms with van der Waals surface area (Å²) in [7, 11) is 0. The average Bonchev–Trinajstić information content (AvgIpc) is 3.15. The van der Waals surface area contributed by atoms with Gasteiger partial charge in [0.05, 0.1) is 17.1 Å². The van der Waals surface area contributed by atoms with Crippen molar-refractivity contribution in [3.63, 3.8) is 0 Å². The van der Waals surface area contributed by atoms with E-state index in [0.29, 0.717) is 74.8 Å². The third kappa shape index (κ3) is 7.88. The van der Waals surface area contributed by atoms with Crippen LogP contribution in [0.4, 0.5) is 0 Å². The summed E-state index contributed by atoms with van der Waals surface area (Å²) in [6, 6.07) is 11.0. The molecule has 0 atom stereocenters. The molecule has 1 heterocycles. The van der Waals surface area contributed by atoms with Gasteiger partial charge in [-0.2, -0.15) is 0 Å². The van der Waals surface area contributed by atoms with Gasteiger partial charge in [0.15, 0.2) is 0 Å². The summed E-state index contributed by atoms with van der Waals surface area (Å²) >= 11 is 0. The van der Waals surface area contributed by atoms with Gasteiger partial charge in [0, 0.05) is 0 Å². The number of aromatic nitrogens is 3. The average molecular weight is 718 g/mol. The molecular weight excluding hydrogens is 667 g/mol. The van der Waals surface area contributed by atoms with Crippen molar-refractivity contribution in [1.29, 1.82) is 0 Å². The van der Waals surface area contributed by atoms with E-state index in [9.17, 15) is 0 Å². The first-order valence-corrected chi connectivity index (χ1v) is 18.1. The van der Waals surface area contributed by atoms with E-state index in [-0.39, 0.29) is 0 Å². The first-order chi connectivity index (χ1) is 26.2. The number of hydrogen-bond donors (Lipinski definition) is 0. The molecule has 276 valence electrons. The molecular formula is C48H51N3O3. The number of hydrogen-bond acceptors (Lipinski definition) is 3. The molecule has 1 aromatic heterocycles. The Morgan fingerprint density at radius 3 is 0.722 bits per heavy atom. The standard InChI is InChI=1S/C48H51N3O3/c1-10-19-34-28-31-43(40(25-16-7)37(34)22-13-4)49-46(52)50(44-32-29-35(20-11-2)38(23-14-5)41(44)26-17-8)48(54)51(47(49)53)45-33-30-36(21-12-3)39(24-15-6)42(45)27-18-9/h10-18,28-33H,1-9,19-27H2. The smallest absolute Gasteiger partial charge is 0.246 e. The Balaban J connectivity index is 2.38. The van der Waals surface area contributed by atoms with Crippen LogP contribution in [0.25, 0.3) is 17.1 Å². The molecule has 0 saturated heterocycles. The molecule has 0 unspecified atom stereocenters. The lowest BCUT2D eigenvalue weighted by atomic mass is 9.92. The van der Waals surface area contributed by atoms with Crippen molar-refractivity contribution in [2.24, 2.45) is 0 Å². The highest BCUT2D eigenvalue weighted by atomic mass is 16.2. The molecule has 0 fully saturated rings. The van der Waals surface area contributed by atoms with Gasteiger partial charge in [0.1, 0.15) is 0 Å². The Kier molecular flexibility index (Phi) is 14.2. The lowest BCUT2D eigenvalue weighted by Crippen LogP contribution is -2.53. The van der Waals surface area contributed by atoms with Crippen LogP contribution < -0.4 is 17.1 Å². The third-order valence-corrected chi connectivity index (χ3v) is 9.56. The lowest BCUT2D eigenvalue weighted by Gasteiger charge is -2.23. The number of allylic oxidation sites excluding steroid dienone is 9. The van der Waals surface area contributed by atoms with Crippen molar-refractivity contribution in [2.75, 3.05) is 0 Å². The molecule has 0 radical (unpaired) electrons. The van der Waals surface area contributed by atoms with Crippen LogP contribution in [0.3, 0.4) is 0 Å². The number of nitrogens with zero attached hydrogens (tertiary/aromatic N) is 3. The van der Waals surface area contributed by atoms with Crippen LogP contribution in [-0.4, -0.2) is 13.7 Å². The van der Waals surface area contributed by atoms with Crippen LogP contribution >= 0.6 is 0 Å². The highest BCUT2D eigenvalue weighted by Crippen LogP contribution is 2.28. The SMILES string of the molecule is C=CCc1ccc(-n2c(=O)n(-c3ccc(CC=C)c(CC=C)c3CC=C)c(=O)n(-c3ccc(CC=C)c(CC=C)c3CC=C)c2=O)c(CC=C)c1CC=C. The summed E-state index contributed by atoms with van der Waals surface area (Å²) in [6.07, 6.45) is 20.3. The Labute approximate surface area is 319 Å². The zero-order valence-electron chi connectivity index (χ0n) is 31.5. The first-order valence-electron chi connectivity index (χ1n) is 18.1. The van der Waals surface area contributed by atoms with Crippen LogP contribution in [0, 0.1) is 0 Å². The molecule has 0 spiro atoms. The second kappa shape index (κ2) is 19.0. The fraction of sp³-hybridized carbons (Fsp3) is 0.188. The summed E-state index contributed by atoms with van der Waals surface area (Å²) < 4.78 is 3.36. The largest absolute Gasteiger partial charge is 0.345 e. The predicted octanol–water partition coefficient (Wildman–Crippen LogP) is 8.70. The van der Waals surface area contributed by atoms with Crippen molar-refractivity contribution in [3.05, 3.63) is 232 Å². The number of rotatable bonds is 21. The minimum absolute atomic E-state index is 0.358. The van der Waals surface area contributed by atoms with Gasteiger partial charge in [0.2, 0.25) is 0 Å². The number of benzene rings is 3. The first kappa shape index (κ1) is 40.5. The quantitative estimate of drug-likeness (QED) is 0.0811. The summed E-state index contributed by atoms with van der Waals surface area (Å²) in [5, 5.41) is 0. The minimum Gasteiger partial charge on any atom is -0.246 e. The maximum absolute atomic E-state index is 15.1. The summed E-state index contributed by atoms with van der Waals surface area (Å²) in [4.78, 5) is 45.4. The predicted molar refractivity (Wildman–Crippen MR) is 228 cm³/mol. The molecule has 0 aliphatic carbocycles. The molecule has 4 rings (SSSR count). The zero-order chi connectivity index (χ0) is 39.4. The van der Waals surface area contributed by atoms with Crippen LogP contribution in [0.5, 0.6) is 0 Å². The van der Waals surface area contributed by atoms with Gasteiger partial charge < -0.3 is 0 Å². The van der Waals surface area contributed by atoms with Gasteiger partial charge >= 0.3 is 17.1 Å². The van der Waals surface area contributed by atoms with Crippen LogP contribution in [0.15, 0.2) is 165 Å². The van der Waals surface area contributed by atoms with E-state index >= 15 is 14.4 Å². The van der Waals surface area contributed by atoms with Crippen molar-refractivity contribution >= 4 is 0 Å². The van der Waals surface area contributed by atoms with E-state index in [1.807, 2.05) is 36.4 Å². The van der Waals surface area contributed by atoms with E-state index < -0.39 is 17.1 Å². The fourth-order valence-electron chi connectivity index (χ4n) is 7.33. The van der Waals surface area contributed by atoms with E-state index in [4.69, 9.17) is 0 Å². The fourth-order valence-corrected chi connectivity index (χ4v) is 7.33. The molecule has 0 amide bonds. The maximum atomic E-state index is 15.1. The highest BCUT2D eigenvalue weighted by molar-refractivity contribution is 5.56. The highest BCUT2D eigenvalue weighted by Gasteiger charge is 2.26. The van der Waals surface area contributed by atoms with Crippen LogP contribution in [0.2, 0.25) is 0 Å². The van der Waals surface area contributed by atoms with Gasteiger partial charge in [-0.15, -0.1) is 59.2 Å². The van der Waals surface area contributed by atoms with Crippen LogP contribution in [-0.2, 0) is 57.8 Å². The van der Waals surface area contributed by atoms with Gasteiger partial charge in [0.25, 0.3) is 0 Å². The maximum Gasteiger partial charge on any atom is 0.345 e. The third-order valence-electron chi connectivity index (χ3n) is 9.56. The van der Waals surface area contributed by atoms with Gasteiger partial charge in [-0.3, -0.25) is 0 Å². The van der Waals surface area contributed by atoms with Gasteiger partial charge in [-0.25, -0.2) is 28.1 Å². The van der Waals surface area contributed by atoms with Crippen molar-refractivity contribution in [1.82, 2.24) is 13.7 Å². The summed E-state index contributed by atoms with van der Waals surface area (Å²) in [5.74, 6) is 0.